The van der Waals surface area contributed by atoms with Crippen molar-refractivity contribution in [2.45, 2.75) is 13.0 Å². The van der Waals surface area contributed by atoms with E-state index in [9.17, 15) is 8.42 Å². The molecule has 0 saturated heterocycles. The molecule has 5 heteroatoms. The Morgan fingerprint density at radius 1 is 0.900 bits per heavy atom. The molecule has 0 unspecified atom stereocenters. The summed E-state index contributed by atoms with van der Waals surface area (Å²) in [6.45, 7) is 0.491. The maximum absolute atomic E-state index is 10.7. The highest BCUT2D eigenvalue weighted by atomic mass is 32.2. The summed E-state index contributed by atoms with van der Waals surface area (Å²) in [5, 5.41) is 0. The zero-order valence-electron chi connectivity index (χ0n) is 10.9. The van der Waals surface area contributed by atoms with Crippen molar-refractivity contribution in [1.29, 1.82) is 0 Å². The van der Waals surface area contributed by atoms with Crippen LogP contribution >= 0.6 is 0 Å². The Morgan fingerprint density at radius 2 is 1.55 bits per heavy atom. The van der Waals surface area contributed by atoms with Gasteiger partial charge in [-0.15, -0.1) is 0 Å². The predicted octanol–water partition coefficient (Wildman–Crippen LogP) is 2.70. The smallest absolute Gasteiger partial charge is 0.265 e. The van der Waals surface area contributed by atoms with Gasteiger partial charge in [0.2, 0.25) is 0 Å². The van der Waals surface area contributed by atoms with Crippen molar-refractivity contribution in [2.24, 2.45) is 0 Å². The minimum absolute atomic E-state index is 0.267. The summed E-state index contributed by atoms with van der Waals surface area (Å²) in [6.07, 6.45) is 0.289. The molecule has 0 bridgehead atoms. The third-order valence-electron chi connectivity index (χ3n) is 2.82. The van der Waals surface area contributed by atoms with Gasteiger partial charge >= 0.3 is 0 Å². The number of aryl methyl sites for hydroxylation is 1. The second-order valence-electron chi connectivity index (χ2n) is 4.45. The van der Waals surface area contributed by atoms with E-state index in [-0.39, 0.29) is 12.2 Å². The molecule has 0 saturated carbocycles. The number of benzene rings is 2. The minimum atomic E-state index is -3.91. The van der Waals surface area contributed by atoms with Crippen molar-refractivity contribution in [3.05, 3.63) is 65.7 Å². The molecule has 0 aliphatic rings. The van der Waals surface area contributed by atoms with Crippen LogP contribution in [0.2, 0.25) is 0 Å². The Bertz CT molecular complexity index is 633. The van der Waals surface area contributed by atoms with Crippen LogP contribution in [0.5, 0.6) is 5.75 Å². The maximum atomic E-state index is 10.7. The molecule has 0 fully saturated rings. The first-order valence-corrected chi connectivity index (χ1v) is 7.85. The van der Waals surface area contributed by atoms with Gasteiger partial charge in [0.05, 0.1) is 5.75 Å². The van der Waals surface area contributed by atoms with E-state index in [1.165, 1.54) is 0 Å². The zero-order valence-corrected chi connectivity index (χ0v) is 11.7. The van der Waals surface area contributed by atoms with Gasteiger partial charge in [-0.05, 0) is 29.7 Å². The summed E-state index contributed by atoms with van der Waals surface area (Å²) >= 11 is 0. The summed E-state index contributed by atoms with van der Waals surface area (Å²) in [5.74, 6) is 0.460. The normalized spacial score (nSPS) is 11.2. The lowest BCUT2D eigenvalue weighted by Crippen LogP contribution is -2.06. The number of hydrogen-bond donors (Lipinski definition) is 1. The molecule has 0 atom stereocenters. The van der Waals surface area contributed by atoms with Crippen LogP contribution in [-0.4, -0.2) is 18.7 Å². The van der Waals surface area contributed by atoms with E-state index in [2.05, 4.69) is 0 Å². The molecule has 2 aromatic carbocycles. The van der Waals surface area contributed by atoms with Gasteiger partial charge in [-0.2, -0.15) is 8.42 Å². The standard InChI is InChI=1S/C15H16O4S/c16-20(17,18)11-10-13-6-8-15(9-7-13)19-12-14-4-2-1-3-5-14/h1-9H,10-12H2,(H,16,17,18). The van der Waals surface area contributed by atoms with E-state index in [1.54, 1.807) is 24.3 Å². The second-order valence-corrected chi connectivity index (χ2v) is 6.03. The fourth-order valence-corrected chi connectivity index (χ4v) is 2.23. The van der Waals surface area contributed by atoms with E-state index in [0.29, 0.717) is 6.61 Å². The molecule has 0 aliphatic carbocycles. The van der Waals surface area contributed by atoms with Crippen LogP contribution < -0.4 is 4.74 Å². The zero-order chi connectivity index (χ0) is 14.4. The fraction of sp³-hybridized carbons (Fsp3) is 0.200. The lowest BCUT2D eigenvalue weighted by molar-refractivity contribution is 0.306. The van der Waals surface area contributed by atoms with Crippen LogP contribution in [0.15, 0.2) is 54.6 Å². The summed E-state index contributed by atoms with van der Waals surface area (Å²) < 4.78 is 35.6. The van der Waals surface area contributed by atoms with Crippen LogP contribution in [0.3, 0.4) is 0 Å². The van der Waals surface area contributed by atoms with Crippen LogP contribution in [0.25, 0.3) is 0 Å². The molecule has 2 rings (SSSR count). The quantitative estimate of drug-likeness (QED) is 0.831. The van der Waals surface area contributed by atoms with E-state index in [0.717, 1.165) is 16.9 Å². The first-order valence-electron chi connectivity index (χ1n) is 6.24. The van der Waals surface area contributed by atoms with Gasteiger partial charge in [-0.25, -0.2) is 0 Å². The van der Waals surface area contributed by atoms with Crippen molar-refractivity contribution in [3.63, 3.8) is 0 Å². The molecule has 4 nitrogen and oxygen atoms in total. The fourth-order valence-electron chi connectivity index (χ4n) is 1.74. The third-order valence-corrected chi connectivity index (χ3v) is 3.54. The van der Waals surface area contributed by atoms with Gasteiger partial charge < -0.3 is 4.74 Å². The van der Waals surface area contributed by atoms with Crippen LogP contribution in [0, 0.1) is 0 Å². The molecule has 0 radical (unpaired) electrons. The average molecular weight is 292 g/mol. The first-order chi connectivity index (χ1) is 9.53. The Morgan fingerprint density at radius 3 is 2.15 bits per heavy atom. The molecule has 0 amide bonds. The lowest BCUT2D eigenvalue weighted by atomic mass is 10.2. The summed E-state index contributed by atoms with van der Waals surface area (Å²) in [4.78, 5) is 0. The van der Waals surface area contributed by atoms with Crippen molar-refractivity contribution >= 4 is 10.1 Å². The topological polar surface area (TPSA) is 63.6 Å². The van der Waals surface area contributed by atoms with Crippen molar-refractivity contribution in [3.8, 4) is 5.75 Å². The second kappa shape index (κ2) is 6.54. The molecule has 2 aromatic rings. The van der Waals surface area contributed by atoms with Gasteiger partial charge in [0.15, 0.2) is 0 Å². The van der Waals surface area contributed by atoms with Crippen molar-refractivity contribution in [2.75, 3.05) is 5.75 Å². The van der Waals surface area contributed by atoms with Crippen LogP contribution in [-0.2, 0) is 23.1 Å². The van der Waals surface area contributed by atoms with Gasteiger partial charge in [0.25, 0.3) is 10.1 Å². The minimum Gasteiger partial charge on any atom is -0.489 e. The molecule has 106 valence electrons. The Hall–Kier alpha value is -1.85. The van der Waals surface area contributed by atoms with Crippen molar-refractivity contribution < 1.29 is 17.7 Å². The number of rotatable bonds is 6. The molecule has 0 spiro atoms. The summed E-state index contributed by atoms with van der Waals surface area (Å²) in [6, 6.07) is 17.0. The third kappa shape index (κ3) is 5.03. The monoisotopic (exact) mass is 292 g/mol. The highest BCUT2D eigenvalue weighted by Crippen LogP contribution is 2.14. The SMILES string of the molecule is O=S(=O)(O)CCc1ccc(OCc2ccccc2)cc1. The highest BCUT2D eigenvalue weighted by Gasteiger charge is 2.05. The van der Waals surface area contributed by atoms with E-state index in [1.807, 2.05) is 30.3 Å². The van der Waals surface area contributed by atoms with Gasteiger partial charge in [0, 0.05) is 0 Å². The lowest BCUT2D eigenvalue weighted by Gasteiger charge is -2.07. The number of hydrogen-bond acceptors (Lipinski definition) is 3. The molecular weight excluding hydrogens is 276 g/mol. The van der Waals surface area contributed by atoms with Crippen LogP contribution in [0.1, 0.15) is 11.1 Å². The van der Waals surface area contributed by atoms with E-state index < -0.39 is 10.1 Å². The first kappa shape index (κ1) is 14.6. The summed E-state index contributed by atoms with van der Waals surface area (Å²) in [5.41, 5.74) is 1.93. The molecule has 0 aliphatic heterocycles. The molecule has 0 heterocycles. The van der Waals surface area contributed by atoms with Crippen molar-refractivity contribution in [1.82, 2.24) is 0 Å². The Kier molecular flexibility index (Phi) is 4.76. The largest absolute Gasteiger partial charge is 0.489 e. The molecule has 0 aromatic heterocycles. The van der Waals surface area contributed by atoms with Gasteiger partial charge in [-0.1, -0.05) is 42.5 Å². The Balaban J connectivity index is 1.88. The van der Waals surface area contributed by atoms with E-state index >= 15 is 0 Å². The predicted molar refractivity (Wildman–Crippen MR) is 77.3 cm³/mol. The summed E-state index contributed by atoms with van der Waals surface area (Å²) in [7, 11) is -3.91. The molecule has 20 heavy (non-hydrogen) atoms. The maximum Gasteiger partial charge on any atom is 0.265 e. The average Bonchev–Trinajstić information content (AvgIpc) is 2.44. The molecular formula is C15H16O4S. The van der Waals surface area contributed by atoms with Gasteiger partial charge in [-0.3, -0.25) is 4.55 Å². The molecule has 1 N–H and O–H groups in total. The van der Waals surface area contributed by atoms with Crippen LogP contribution in [0.4, 0.5) is 0 Å². The highest BCUT2D eigenvalue weighted by molar-refractivity contribution is 7.85. The van der Waals surface area contributed by atoms with Gasteiger partial charge in [0.1, 0.15) is 12.4 Å². The number of ether oxygens (including phenoxy) is 1. The Labute approximate surface area is 118 Å². The van der Waals surface area contributed by atoms with E-state index in [4.69, 9.17) is 9.29 Å².